The number of nitrogens with zero attached hydrogens (tertiary/aromatic N) is 2. The molecule has 3 fully saturated rings. The average Bonchev–Trinajstić information content (AvgIpc) is 4.05. The zero-order valence-corrected chi connectivity index (χ0v) is 32.1. The maximum absolute atomic E-state index is 14.8. The maximum atomic E-state index is 14.8. The Hall–Kier alpha value is -4.29. The number of carbonyl (C=O) groups excluding carboxylic acids is 3. The lowest BCUT2D eigenvalue weighted by molar-refractivity contribution is -0.141. The molecule has 3 aliphatic heterocycles. The number of hydrogen-bond donors (Lipinski definition) is 3. The lowest BCUT2D eigenvalue weighted by Gasteiger charge is -2.36. The van der Waals surface area contributed by atoms with Crippen LogP contribution < -0.4 is 20.1 Å². The molecule has 2 saturated carbocycles. The van der Waals surface area contributed by atoms with Crippen molar-refractivity contribution in [2.75, 3.05) is 13.1 Å². The molecule has 3 amide bonds. The van der Waals surface area contributed by atoms with Crippen molar-refractivity contribution in [3.05, 3.63) is 83.6 Å². The van der Waals surface area contributed by atoms with Crippen LogP contribution in [0.25, 0.3) is 10.9 Å². The second-order valence-electron chi connectivity index (χ2n) is 16.5. The van der Waals surface area contributed by atoms with Crippen molar-refractivity contribution in [2.24, 2.45) is 5.92 Å². The summed E-state index contributed by atoms with van der Waals surface area (Å²) >= 11 is 0. The van der Waals surface area contributed by atoms with Crippen LogP contribution in [0.3, 0.4) is 0 Å². The van der Waals surface area contributed by atoms with Gasteiger partial charge in [0.05, 0.1) is 28.5 Å². The molecule has 1 unspecified atom stereocenters. The number of pyridine rings is 1. The molecule has 1 aromatic heterocycles. The Morgan fingerprint density at radius 3 is 2.59 bits per heavy atom. The molecule has 5 aliphatic rings. The summed E-state index contributed by atoms with van der Waals surface area (Å²) in [6.45, 7) is 4.37. The first-order valence-electron chi connectivity index (χ1n) is 19.6. The van der Waals surface area contributed by atoms with Gasteiger partial charge >= 0.3 is 0 Å². The number of ether oxygens (including phenoxy) is 1. The monoisotopic (exact) mass is 753 g/mol. The van der Waals surface area contributed by atoms with E-state index >= 15 is 0 Å². The van der Waals surface area contributed by atoms with Gasteiger partial charge in [-0.1, -0.05) is 73.5 Å². The van der Waals surface area contributed by atoms with Crippen molar-refractivity contribution >= 4 is 38.6 Å². The van der Waals surface area contributed by atoms with Crippen molar-refractivity contribution in [3.63, 3.8) is 0 Å². The zero-order valence-electron chi connectivity index (χ0n) is 31.2. The van der Waals surface area contributed by atoms with Crippen molar-refractivity contribution in [2.45, 2.75) is 119 Å². The Morgan fingerprint density at radius 1 is 1.02 bits per heavy atom. The summed E-state index contributed by atoms with van der Waals surface area (Å²) in [6, 6.07) is 16.7. The maximum Gasteiger partial charge on any atom is 0.259 e. The van der Waals surface area contributed by atoms with Crippen LogP contribution in [0.4, 0.5) is 0 Å². The van der Waals surface area contributed by atoms with Gasteiger partial charge in [0.2, 0.25) is 21.8 Å². The third-order valence-electron chi connectivity index (χ3n) is 12.5. The van der Waals surface area contributed by atoms with E-state index in [2.05, 4.69) is 33.6 Å². The minimum absolute atomic E-state index is 0.161. The number of fused-ring (bicyclic) bond motifs is 5. The summed E-state index contributed by atoms with van der Waals surface area (Å²) in [5.41, 5.74) is 1.64. The third kappa shape index (κ3) is 6.91. The number of hydrogen-bond acceptors (Lipinski definition) is 8. The summed E-state index contributed by atoms with van der Waals surface area (Å²) < 4.78 is 34.7. The molecule has 286 valence electrons. The van der Waals surface area contributed by atoms with Crippen molar-refractivity contribution < 1.29 is 27.5 Å². The molecule has 1 spiro atoms. The molecular formula is C42H51N5O6S. The first kappa shape index (κ1) is 36.7. The van der Waals surface area contributed by atoms with Crippen molar-refractivity contribution in [1.29, 1.82) is 0 Å². The van der Waals surface area contributed by atoms with Gasteiger partial charge in [-0.05, 0) is 89.8 Å². The van der Waals surface area contributed by atoms with Gasteiger partial charge in [0, 0.05) is 23.3 Å². The highest BCUT2D eigenvalue weighted by Crippen LogP contribution is 2.49. The van der Waals surface area contributed by atoms with Crippen LogP contribution >= 0.6 is 0 Å². The van der Waals surface area contributed by atoms with Gasteiger partial charge in [0.15, 0.2) is 0 Å². The zero-order chi connectivity index (χ0) is 37.7. The van der Waals surface area contributed by atoms with Crippen LogP contribution in [-0.2, 0) is 37.2 Å². The summed E-state index contributed by atoms with van der Waals surface area (Å²) in [6.07, 6.45) is 11.6. The van der Waals surface area contributed by atoms with E-state index in [0.29, 0.717) is 44.4 Å². The summed E-state index contributed by atoms with van der Waals surface area (Å²) in [4.78, 5) is 50.0. The Bertz CT molecular complexity index is 2100. The largest absolute Gasteiger partial charge is 0.483 e. The van der Waals surface area contributed by atoms with Gasteiger partial charge in [-0.25, -0.2) is 13.4 Å². The molecule has 2 aromatic carbocycles. The van der Waals surface area contributed by atoms with E-state index in [1.165, 1.54) is 5.56 Å². The molecule has 5 atom stereocenters. The van der Waals surface area contributed by atoms with E-state index in [-0.39, 0.29) is 31.2 Å². The molecule has 2 aliphatic carbocycles. The van der Waals surface area contributed by atoms with Crippen LogP contribution in [0, 0.1) is 12.8 Å². The van der Waals surface area contributed by atoms with Gasteiger partial charge in [0.25, 0.3) is 5.91 Å². The lowest BCUT2D eigenvalue weighted by Crippen LogP contribution is -2.58. The van der Waals surface area contributed by atoms with E-state index in [1.54, 1.807) is 11.8 Å². The van der Waals surface area contributed by atoms with E-state index in [4.69, 9.17) is 9.72 Å². The minimum atomic E-state index is -3.94. The SMILES string of the molecule is Cc1nc2ccccc2c2c1O[C@]1(CC2)C[C@H]2C(=O)N[C@]3(C(=O)NS(=O)(=O)C4(C)CC4)CC3/C=C\CCCCC[C@H](NCCc3ccccc3)C(=O)N2C1. The average molecular weight is 754 g/mol. The van der Waals surface area contributed by atoms with Crippen LogP contribution in [0.1, 0.15) is 88.0 Å². The van der Waals surface area contributed by atoms with Gasteiger partial charge < -0.3 is 20.3 Å². The van der Waals surface area contributed by atoms with Crippen LogP contribution in [0.15, 0.2) is 66.7 Å². The summed E-state index contributed by atoms with van der Waals surface area (Å²) in [7, 11) is -3.94. The number of aryl methyl sites for hydroxylation is 2. The molecule has 8 rings (SSSR count). The molecule has 54 heavy (non-hydrogen) atoms. The topological polar surface area (TPSA) is 147 Å². The first-order chi connectivity index (χ1) is 25.9. The molecule has 11 nitrogen and oxygen atoms in total. The van der Waals surface area contributed by atoms with E-state index in [0.717, 1.165) is 54.3 Å². The highest BCUT2D eigenvalue weighted by Gasteiger charge is 2.64. The van der Waals surface area contributed by atoms with E-state index < -0.39 is 49.8 Å². The molecule has 3 aromatic rings. The predicted molar refractivity (Wildman–Crippen MR) is 206 cm³/mol. The molecule has 0 radical (unpaired) electrons. The number of rotatable bonds is 7. The smallest absolute Gasteiger partial charge is 0.259 e. The number of nitrogens with one attached hydrogen (secondary N) is 3. The fourth-order valence-corrected chi connectivity index (χ4v) is 10.0. The Labute approximate surface area is 317 Å². The number of amides is 3. The van der Waals surface area contributed by atoms with Crippen LogP contribution in [-0.4, -0.2) is 77.1 Å². The predicted octanol–water partition coefficient (Wildman–Crippen LogP) is 4.80. The van der Waals surface area contributed by atoms with Gasteiger partial charge in [-0.15, -0.1) is 0 Å². The number of sulfonamides is 1. The molecule has 0 bridgehead atoms. The van der Waals surface area contributed by atoms with Gasteiger partial charge in [-0.2, -0.15) is 0 Å². The molecule has 4 heterocycles. The quantitative estimate of drug-likeness (QED) is 0.292. The number of benzene rings is 2. The van der Waals surface area contributed by atoms with Crippen LogP contribution in [0.5, 0.6) is 5.75 Å². The first-order valence-corrected chi connectivity index (χ1v) is 21.1. The Balaban J connectivity index is 1.11. The van der Waals surface area contributed by atoms with E-state index in [9.17, 15) is 22.8 Å². The normalized spacial score (nSPS) is 29.8. The highest BCUT2D eigenvalue weighted by molar-refractivity contribution is 7.91. The molecule has 12 heteroatoms. The van der Waals surface area contributed by atoms with Crippen LogP contribution in [0.2, 0.25) is 0 Å². The third-order valence-corrected chi connectivity index (χ3v) is 14.7. The van der Waals surface area contributed by atoms with E-state index in [1.807, 2.05) is 55.5 Å². The highest BCUT2D eigenvalue weighted by atomic mass is 32.2. The Kier molecular flexibility index (Phi) is 9.57. The molecular weight excluding hydrogens is 703 g/mol. The fraction of sp³-hybridized carbons (Fsp3) is 0.524. The lowest BCUT2D eigenvalue weighted by atomic mass is 9.87. The summed E-state index contributed by atoms with van der Waals surface area (Å²) in [5.74, 6) is -1.01. The second kappa shape index (κ2) is 14.1. The Morgan fingerprint density at radius 2 is 1.80 bits per heavy atom. The number of aromatic nitrogens is 1. The fourth-order valence-electron chi connectivity index (χ4n) is 8.73. The molecule has 1 saturated heterocycles. The number of allylic oxidation sites excluding steroid dienone is 1. The number of para-hydroxylation sites is 1. The standard InChI is InChI=1S/C42H51N5O6S/c1-28-36-32(31-16-11-12-17-33(31)44-28)19-21-41(53-36)26-35-37(48)45-42(39(50)46-54(51,52)40(2)22-23-40)25-30(42)15-9-4-3-5-10-18-34(38(49)47(35)27-41)43-24-20-29-13-7-6-8-14-29/h6-9,11-17,30,34-35,43H,3-5,10,18-27H2,1-2H3,(H,45,48)(H,46,50)/b15-9-/t30?,34-,35-,41+,42+/m0/s1. The van der Waals surface area contributed by atoms with Crippen molar-refractivity contribution in [1.82, 2.24) is 25.2 Å². The molecule has 3 N–H and O–H groups in total. The number of carbonyl (C=O) groups is 3. The minimum Gasteiger partial charge on any atom is -0.483 e. The second-order valence-corrected chi connectivity index (χ2v) is 18.7. The summed E-state index contributed by atoms with van der Waals surface area (Å²) in [5, 5.41) is 7.61. The van der Waals surface area contributed by atoms with Gasteiger partial charge in [0.1, 0.15) is 22.9 Å². The van der Waals surface area contributed by atoms with Crippen molar-refractivity contribution in [3.8, 4) is 5.75 Å². The van der Waals surface area contributed by atoms with Gasteiger partial charge in [-0.3, -0.25) is 19.1 Å².